The summed E-state index contributed by atoms with van der Waals surface area (Å²) in [4.78, 5) is 0. The third-order valence-corrected chi connectivity index (χ3v) is 4.07. The van der Waals surface area contributed by atoms with E-state index in [9.17, 15) is 8.42 Å². The fraction of sp³-hybridized carbons (Fsp3) is 0.778. The normalized spacial score (nSPS) is 36.0. The Morgan fingerprint density at radius 1 is 1.43 bits per heavy atom. The van der Waals surface area contributed by atoms with Crippen LogP contribution in [0.3, 0.4) is 0 Å². The van der Waals surface area contributed by atoms with E-state index < -0.39 is 9.84 Å². The zero-order valence-corrected chi connectivity index (χ0v) is 8.89. The summed E-state index contributed by atoms with van der Waals surface area (Å²) in [6.45, 7) is 2.03. The molecule has 2 rings (SSSR count). The van der Waals surface area contributed by atoms with Crippen LogP contribution in [0.25, 0.3) is 0 Å². The van der Waals surface area contributed by atoms with Crippen LogP contribution < -0.4 is 10.6 Å². The Balaban J connectivity index is 1.84. The monoisotopic (exact) mass is 216 g/mol. The number of piperidine rings is 1. The van der Waals surface area contributed by atoms with Crippen LogP contribution >= 0.6 is 0 Å². The first-order valence-corrected chi connectivity index (χ1v) is 6.75. The first-order valence-electron chi connectivity index (χ1n) is 5.03. The number of hydrogen-bond donors (Lipinski definition) is 2. The van der Waals surface area contributed by atoms with E-state index in [-0.39, 0.29) is 11.8 Å². The maximum Gasteiger partial charge on any atom is 0.173 e. The summed E-state index contributed by atoms with van der Waals surface area (Å²) in [5.74, 6) is 0.226. The molecule has 2 aliphatic rings. The highest BCUT2D eigenvalue weighted by atomic mass is 32.2. The van der Waals surface area contributed by atoms with Crippen molar-refractivity contribution in [2.24, 2.45) is 0 Å². The standard InChI is InChI=1S/C9H16N2O2S/c12-14(13)5-3-9(7-14)11-8-2-1-4-10-6-8/h3,5,8-11H,1-2,4,6-7H2. The summed E-state index contributed by atoms with van der Waals surface area (Å²) >= 11 is 0. The molecule has 0 aliphatic carbocycles. The highest BCUT2D eigenvalue weighted by Gasteiger charge is 2.24. The average molecular weight is 216 g/mol. The van der Waals surface area contributed by atoms with Crippen molar-refractivity contribution in [1.82, 2.24) is 10.6 Å². The van der Waals surface area contributed by atoms with Crippen LogP contribution in [-0.4, -0.2) is 39.3 Å². The summed E-state index contributed by atoms with van der Waals surface area (Å²) in [5.41, 5.74) is 0. The second kappa shape index (κ2) is 4.00. The topological polar surface area (TPSA) is 58.2 Å². The van der Waals surface area contributed by atoms with Gasteiger partial charge in [0.2, 0.25) is 0 Å². The Morgan fingerprint density at radius 3 is 2.86 bits per heavy atom. The quantitative estimate of drug-likeness (QED) is 0.662. The molecule has 0 aromatic carbocycles. The predicted molar refractivity (Wildman–Crippen MR) is 55.7 cm³/mol. The van der Waals surface area contributed by atoms with Gasteiger partial charge in [0.1, 0.15) is 0 Å². The van der Waals surface area contributed by atoms with Crippen molar-refractivity contribution in [2.75, 3.05) is 18.8 Å². The average Bonchev–Trinajstić information content (AvgIpc) is 2.47. The van der Waals surface area contributed by atoms with Gasteiger partial charge in [-0.1, -0.05) is 6.08 Å². The van der Waals surface area contributed by atoms with Gasteiger partial charge >= 0.3 is 0 Å². The Kier molecular flexibility index (Phi) is 2.90. The summed E-state index contributed by atoms with van der Waals surface area (Å²) in [6, 6.07) is 0.441. The molecule has 2 N–H and O–H groups in total. The lowest BCUT2D eigenvalue weighted by molar-refractivity contribution is 0.379. The molecule has 2 aliphatic heterocycles. The van der Waals surface area contributed by atoms with E-state index in [4.69, 9.17) is 0 Å². The lowest BCUT2D eigenvalue weighted by atomic mass is 10.1. The van der Waals surface area contributed by atoms with Crippen molar-refractivity contribution in [2.45, 2.75) is 24.9 Å². The molecule has 0 aromatic heterocycles. The van der Waals surface area contributed by atoms with Gasteiger partial charge in [-0.3, -0.25) is 0 Å². The summed E-state index contributed by atoms with van der Waals surface area (Å²) in [5, 5.41) is 7.96. The van der Waals surface area contributed by atoms with E-state index in [1.165, 1.54) is 11.8 Å². The molecule has 2 unspecified atom stereocenters. The van der Waals surface area contributed by atoms with Crippen LogP contribution in [0.4, 0.5) is 0 Å². The molecule has 5 heteroatoms. The van der Waals surface area contributed by atoms with Gasteiger partial charge in [-0.05, 0) is 19.4 Å². The molecule has 4 nitrogen and oxygen atoms in total. The first-order chi connectivity index (χ1) is 6.66. The SMILES string of the molecule is O=S1(=O)C=CC(NC2CCCNC2)C1. The number of nitrogens with one attached hydrogen (secondary N) is 2. The van der Waals surface area contributed by atoms with Gasteiger partial charge in [0.25, 0.3) is 0 Å². The zero-order valence-electron chi connectivity index (χ0n) is 8.07. The van der Waals surface area contributed by atoms with Crippen LogP contribution in [0.1, 0.15) is 12.8 Å². The molecule has 14 heavy (non-hydrogen) atoms. The lowest BCUT2D eigenvalue weighted by Gasteiger charge is -2.26. The first kappa shape index (κ1) is 10.1. The third kappa shape index (κ3) is 2.56. The Morgan fingerprint density at radius 2 is 2.29 bits per heavy atom. The Labute approximate surface area is 84.7 Å². The molecule has 0 bridgehead atoms. The molecule has 0 radical (unpaired) electrons. The van der Waals surface area contributed by atoms with Gasteiger partial charge in [0.15, 0.2) is 9.84 Å². The molecule has 0 amide bonds. The maximum atomic E-state index is 11.1. The van der Waals surface area contributed by atoms with Gasteiger partial charge in [-0.15, -0.1) is 0 Å². The predicted octanol–water partition coefficient (Wildman–Crippen LogP) is -0.361. The minimum absolute atomic E-state index is 0.0184. The number of sulfone groups is 1. The fourth-order valence-electron chi connectivity index (χ4n) is 1.98. The van der Waals surface area contributed by atoms with Crippen LogP contribution in [0.2, 0.25) is 0 Å². The lowest BCUT2D eigenvalue weighted by Crippen LogP contribution is -2.47. The smallest absolute Gasteiger partial charge is 0.173 e. The van der Waals surface area contributed by atoms with Crippen LogP contribution in [0, 0.1) is 0 Å². The van der Waals surface area contributed by atoms with Crippen molar-refractivity contribution >= 4 is 9.84 Å². The highest BCUT2D eigenvalue weighted by Crippen LogP contribution is 2.10. The van der Waals surface area contributed by atoms with Crippen molar-refractivity contribution < 1.29 is 8.42 Å². The van der Waals surface area contributed by atoms with Gasteiger partial charge < -0.3 is 10.6 Å². The van der Waals surface area contributed by atoms with Crippen molar-refractivity contribution in [3.63, 3.8) is 0 Å². The number of hydrogen-bond acceptors (Lipinski definition) is 4. The molecular formula is C9H16N2O2S. The molecule has 1 fully saturated rings. The van der Waals surface area contributed by atoms with Gasteiger partial charge in [-0.25, -0.2) is 8.42 Å². The van der Waals surface area contributed by atoms with E-state index in [1.807, 2.05) is 0 Å². The van der Waals surface area contributed by atoms with E-state index in [2.05, 4.69) is 10.6 Å². The van der Waals surface area contributed by atoms with Crippen LogP contribution in [0.5, 0.6) is 0 Å². The largest absolute Gasteiger partial charge is 0.315 e. The molecule has 0 spiro atoms. The third-order valence-electron chi connectivity index (χ3n) is 2.68. The van der Waals surface area contributed by atoms with Crippen LogP contribution in [-0.2, 0) is 9.84 Å². The zero-order chi connectivity index (χ0) is 10.0. The molecular weight excluding hydrogens is 200 g/mol. The Bertz CT molecular complexity index is 318. The maximum absolute atomic E-state index is 11.1. The Hall–Kier alpha value is -0.390. The van der Waals surface area contributed by atoms with E-state index in [0.717, 1.165) is 19.5 Å². The fourth-order valence-corrected chi connectivity index (χ4v) is 3.22. The van der Waals surface area contributed by atoms with Crippen molar-refractivity contribution in [3.8, 4) is 0 Å². The summed E-state index contributed by atoms with van der Waals surface area (Å²) in [7, 11) is -2.91. The molecule has 0 aromatic rings. The molecule has 2 heterocycles. The highest BCUT2D eigenvalue weighted by molar-refractivity contribution is 7.94. The van der Waals surface area contributed by atoms with E-state index in [0.29, 0.717) is 6.04 Å². The second-order valence-corrected chi connectivity index (χ2v) is 5.91. The minimum Gasteiger partial charge on any atom is -0.315 e. The second-order valence-electron chi connectivity index (χ2n) is 3.97. The van der Waals surface area contributed by atoms with Gasteiger partial charge in [0, 0.05) is 24.0 Å². The van der Waals surface area contributed by atoms with Crippen molar-refractivity contribution in [1.29, 1.82) is 0 Å². The van der Waals surface area contributed by atoms with E-state index in [1.54, 1.807) is 6.08 Å². The van der Waals surface area contributed by atoms with E-state index >= 15 is 0 Å². The molecule has 2 atom stereocenters. The van der Waals surface area contributed by atoms with Crippen molar-refractivity contribution in [3.05, 3.63) is 11.5 Å². The minimum atomic E-state index is -2.91. The van der Waals surface area contributed by atoms with Gasteiger partial charge in [0.05, 0.1) is 5.75 Å². The summed E-state index contributed by atoms with van der Waals surface area (Å²) < 4.78 is 22.3. The molecule has 80 valence electrons. The number of rotatable bonds is 2. The van der Waals surface area contributed by atoms with Gasteiger partial charge in [-0.2, -0.15) is 0 Å². The molecule has 0 saturated carbocycles. The van der Waals surface area contributed by atoms with Crippen LogP contribution in [0.15, 0.2) is 11.5 Å². The summed E-state index contributed by atoms with van der Waals surface area (Å²) in [6.07, 6.45) is 4.06. The molecule has 1 saturated heterocycles.